The topological polar surface area (TPSA) is 48.1 Å². The molecule has 0 aliphatic carbocycles. The first-order valence-electron chi connectivity index (χ1n) is 6.52. The molecule has 0 spiro atoms. The molecule has 3 nitrogen and oxygen atoms in total. The van der Waals surface area contributed by atoms with Gasteiger partial charge in [0, 0.05) is 10.2 Å². The molecule has 0 atom stereocenters. The summed E-state index contributed by atoms with van der Waals surface area (Å²) in [5.74, 6) is 1.18. The Bertz CT molecular complexity index is 705. The highest BCUT2D eigenvalue weighted by Gasteiger charge is 2.14. The maximum absolute atomic E-state index is 5.95. The Balaban J connectivity index is 2.51. The molecule has 5 heteroatoms. The Morgan fingerprint density at radius 2 is 1.67 bits per heavy atom. The molecule has 0 saturated heterocycles. The number of benzene rings is 1. The molecular formula is C16H17BrN2OS. The first-order chi connectivity index (χ1) is 9.79. The fraction of sp³-hybridized carbons (Fsp3) is 0.250. The summed E-state index contributed by atoms with van der Waals surface area (Å²) in [6.45, 7) is 7.91. The number of nitrogens with two attached hydrogens (primary N) is 1. The van der Waals surface area contributed by atoms with Crippen molar-refractivity contribution in [1.82, 2.24) is 4.98 Å². The number of halogens is 1. The van der Waals surface area contributed by atoms with Gasteiger partial charge in [-0.15, -0.1) is 0 Å². The van der Waals surface area contributed by atoms with Crippen molar-refractivity contribution in [2.75, 3.05) is 0 Å². The Hall–Kier alpha value is -1.46. The van der Waals surface area contributed by atoms with Crippen LogP contribution >= 0.6 is 28.1 Å². The molecule has 2 aromatic rings. The van der Waals surface area contributed by atoms with E-state index in [-0.39, 0.29) is 0 Å². The van der Waals surface area contributed by atoms with Crippen LogP contribution in [0, 0.1) is 27.7 Å². The van der Waals surface area contributed by atoms with E-state index in [1.165, 1.54) is 0 Å². The maximum Gasteiger partial charge on any atom is 0.229 e. The summed E-state index contributed by atoms with van der Waals surface area (Å²) in [7, 11) is 0. The largest absolute Gasteiger partial charge is 0.438 e. The van der Waals surface area contributed by atoms with Gasteiger partial charge in [-0.2, -0.15) is 0 Å². The molecule has 0 aliphatic rings. The van der Waals surface area contributed by atoms with Crippen LogP contribution in [-0.2, 0) is 0 Å². The van der Waals surface area contributed by atoms with Crippen molar-refractivity contribution in [2.24, 2.45) is 5.73 Å². The lowest BCUT2D eigenvalue weighted by Gasteiger charge is -2.14. The van der Waals surface area contributed by atoms with Crippen LogP contribution in [0.3, 0.4) is 0 Å². The van der Waals surface area contributed by atoms with E-state index >= 15 is 0 Å². The number of aryl methyl sites for hydroxylation is 4. The number of pyridine rings is 1. The minimum atomic E-state index is 0.292. The van der Waals surface area contributed by atoms with Crippen LogP contribution in [0.25, 0.3) is 0 Å². The van der Waals surface area contributed by atoms with Gasteiger partial charge >= 0.3 is 0 Å². The van der Waals surface area contributed by atoms with Gasteiger partial charge in [0.25, 0.3) is 0 Å². The van der Waals surface area contributed by atoms with Crippen LogP contribution in [-0.4, -0.2) is 9.97 Å². The zero-order valence-electron chi connectivity index (χ0n) is 12.5. The van der Waals surface area contributed by atoms with Gasteiger partial charge in [0.2, 0.25) is 5.88 Å². The van der Waals surface area contributed by atoms with Crippen molar-refractivity contribution in [3.05, 3.63) is 50.6 Å². The molecule has 2 N–H and O–H groups in total. The van der Waals surface area contributed by atoms with Gasteiger partial charge < -0.3 is 10.5 Å². The summed E-state index contributed by atoms with van der Waals surface area (Å²) >= 11 is 8.67. The minimum Gasteiger partial charge on any atom is -0.438 e. The number of nitrogens with zero attached hydrogens (tertiary/aromatic N) is 1. The molecule has 0 unspecified atom stereocenters. The molecule has 1 aromatic carbocycles. The smallest absolute Gasteiger partial charge is 0.229 e. The molecule has 110 valence electrons. The Kier molecular flexibility index (Phi) is 4.64. The second-order valence-electron chi connectivity index (χ2n) is 5.10. The number of thiocarbonyl (C=S) groups is 1. The van der Waals surface area contributed by atoms with Crippen molar-refractivity contribution in [3.63, 3.8) is 0 Å². The highest BCUT2D eigenvalue weighted by Crippen LogP contribution is 2.31. The molecule has 0 bridgehead atoms. The third kappa shape index (κ3) is 3.41. The normalized spacial score (nSPS) is 10.5. The predicted octanol–water partition coefficient (Wildman–Crippen LogP) is 4.50. The third-order valence-corrected chi connectivity index (χ3v) is 4.64. The fourth-order valence-electron chi connectivity index (χ4n) is 2.25. The van der Waals surface area contributed by atoms with E-state index < -0.39 is 0 Å². The molecule has 0 saturated carbocycles. The van der Waals surface area contributed by atoms with Gasteiger partial charge in [0.1, 0.15) is 10.7 Å². The standard InChI is InChI=1S/C16H17BrN2OS/c1-8-5-11(4)19-16(13(8)15(18)21)20-12-6-9(2)14(17)10(3)7-12/h5-7H,1-4H3,(H2,18,21). The molecule has 0 fully saturated rings. The van der Waals surface area contributed by atoms with Crippen molar-refractivity contribution < 1.29 is 4.74 Å². The van der Waals surface area contributed by atoms with Crippen molar-refractivity contribution in [3.8, 4) is 11.6 Å². The van der Waals surface area contributed by atoms with Crippen LogP contribution in [0.4, 0.5) is 0 Å². The molecule has 0 aliphatic heterocycles. The van der Waals surface area contributed by atoms with Gasteiger partial charge in [0.05, 0.1) is 5.56 Å². The SMILES string of the molecule is Cc1cc(C)c(C(N)=S)c(Oc2cc(C)c(Br)c(C)c2)n1. The first kappa shape index (κ1) is 15.9. The van der Waals surface area contributed by atoms with Crippen LogP contribution in [0.15, 0.2) is 22.7 Å². The zero-order chi connectivity index (χ0) is 15.7. The summed E-state index contributed by atoms with van der Waals surface area (Å²) in [6, 6.07) is 5.86. The molecule has 1 aromatic heterocycles. The fourth-order valence-corrected chi connectivity index (χ4v) is 2.73. The van der Waals surface area contributed by atoms with Crippen LogP contribution in [0.5, 0.6) is 11.6 Å². The second-order valence-corrected chi connectivity index (χ2v) is 6.33. The van der Waals surface area contributed by atoms with Gasteiger partial charge in [-0.05, 0) is 62.6 Å². The van der Waals surface area contributed by atoms with Crippen molar-refractivity contribution in [1.29, 1.82) is 0 Å². The summed E-state index contributed by atoms with van der Waals surface area (Å²) < 4.78 is 7.03. The minimum absolute atomic E-state index is 0.292. The highest BCUT2D eigenvalue weighted by atomic mass is 79.9. The Morgan fingerprint density at radius 3 is 2.19 bits per heavy atom. The van der Waals surface area contributed by atoms with Crippen LogP contribution < -0.4 is 10.5 Å². The Labute approximate surface area is 138 Å². The maximum atomic E-state index is 5.95. The van der Waals surface area contributed by atoms with Gasteiger partial charge in [-0.1, -0.05) is 28.1 Å². The van der Waals surface area contributed by atoms with E-state index in [0.717, 1.165) is 32.6 Å². The number of hydrogen-bond acceptors (Lipinski definition) is 3. The average Bonchev–Trinajstić information content (AvgIpc) is 2.34. The van der Waals surface area contributed by atoms with E-state index in [2.05, 4.69) is 20.9 Å². The Morgan fingerprint density at radius 1 is 1.10 bits per heavy atom. The quantitative estimate of drug-likeness (QED) is 0.814. The van der Waals surface area contributed by atoms with Gasteiger partial charge in [-0.25, -0.2) is 4.98 Å². The van der Waals surface area contributed by atoms with E-state index in [9.17, 15) is 0 Å². The van der Waals surface area contributed by atoms with Crippen molar-refractivity contribution >= 4 is 33.1 Å². The summed E-state index contributed by atoms with van der Waals surface area (Å²) in [4.78, 5) is 4.72. The molecular weight excluding hydrogens is 348 g/mol. The molecule has 21 heavy (non-hydrogen) atoms. The van der Waals surface area contributed by atoms with E-state index in [4.69, 9.17) is 22.7 Å². The molecule has 0 radical (unpaired) electrons. The second kappa shape index (κ2) is 6.12. The molecule has 2 rings (SSSR count). The summed E-state index contributed by atoms with van der Waals surface area (Å²) in [6.07, 6.45) is 0. The number of ether oxygens (including phenoxy) is 1. The van der Waals surface area contributed by atoms with Gasteiger partial charge in [0.15, 0.2) is 0 Å². The van der Waals surface area contributed by atoms with E-state index in [1.807, 2.05) is 45.9 Å². The van der Waals surface area contributed by atoms with Crippen molar-refractivity contribution in [2.45, 2.75) is 27.7 Å². The molecule has 1 heterocycles. The number of aromatic nitrogens is 1. The van der Waals surface area contributed by atoms with E-state index in [1.54, 1.807) is 0 Å². The predicted molar refractivity (Wildman–Crippen MR) is 93.3 cm³/mol. The lowest BCUT2D eigenvalue weighted by molar-refractivity contribution is 0.459. The first-order valence-corrected chi connectivity index (χ1v) is 7.72. The van der Waals surface area contributed by atoms with Gasteiger partial charge in [-0.3, -0.25) is 0 Å². The van der Waals surface area contributed by atoms with Crippen LogP contribution in [0.1, 0.15) is 27.9 Å². The highest BCUT2D eigenvalue weighted by molar-refractivity contribution is 9.10. The lowest BCUT2D eigenvalue weighted by atomic mass is 10.1. The van der Waals surface area contributed by atoms with E-state index in [0.29, 0.717) is 16.4 Å². The number of rotatable bonds is 3. The zero-order valence-corrected chi connectivity index (χ0v) is 14.9. The number of hydrogen-bond donors (Lipinski definition) is 1. The summed E-state index contributed by atoms with van der Waals surface area (Å²) in [5, 5.41) is 0. The lowest BCUT2D eigenvalue weighted by Crippen LogP contribution is -2.14. The summed E-state index contributed by atoms with van der Waals surface area (Å²) in [5.41, 5.74) is 10.5. The third-order valence-electron chi connectivity index (χ3n) is 3.18. The monoisotopic (exact) mass is 364 g/mol. The van der Waals surface area contributed by atoms with Crippen LogP contribution in [0.2, 0.25) is 0 Å². The molecule has 0 amide bonds. The average molecular weight is 365 g/mol.